The number of amides is 1. The van der Waals surface area contributed by atoms with Crippen LogP contribution in [-0.2, 0) is 0 Å². The van der Waals surface area contributed by atoms with Crippen LogP contribution >= 0.6 is 0 Å². The topological polar surface area (TPSA) is 54.0 Å². The first-order chi connectivity index (χ1) is 7.42. The fraction of sp³-hybridized carbons (Fsp3) is 0.500. The van der Waals surface area contributed by atoms with E-state index in [0.29, 0.717) is 5.69 Å². The van der Waals surface area contributed by atoms with Crippen molar-refractivity contribution in [3.05, 3.63) is 23.9 Å². The molecule has 4 nitrogen and oxygen atoms in total. The molecule has 0 radical (unpaired) electrons. The van der Waals surface area contributed by atoms with Gasteiger partial charge >= 0.3 is 0 Å². The minimum absolute atomic E-state index is 0.146. The van der Waals surface area contributed by atoms with Gasteiger partial charge in [-0.3, -0.25) is 4.79 Å². The average Bonchev–Trinajstić information content (AvgIpc) is 2.16. The molecule has 0 saturated heterocycles. The molecule has 0 aliphatic heterocycles. The van der Waals surface area contributed by atoms with Crippen molar-refractivity contribution in [2.24, 2.45) is 0 Å². The second-order valence-corrected chi connectivity index (χ2v) is 4.64. The van der Waals surface area contributed by atoms with Crippen molar-refractivity contribution in [1.29, 1.82) is 0 Å². The summed E-state index contributed by atoms with van der Waals surface area (Å²) in [6.45, 7) is 8.61. The van der Waals surface area contributed by atoms with Crippen molar-refractivity contribution in [2.45, 2.75) is 33.2 Å². The largest absolute Gasteiger partial charge is 0.370 e. The summed E-state index contributed by atoms with van der Waals surface area (Å²) in [6, 6.07) is 5.38. The summed E-state index contributed by atoms with van der Waals surface area (Å²) in [5.41, 5.74) is 0.195. The van der Waals surface area contributed by atoms with E-state index in [1.54, 1.807) is 6.07 Å². The van der Waals surface area contributed by atoms with Crippen LogP contribution in [0, 0.1) is 0 Å². The van der Waals surface area contributed by atoms with E-state index in [4.69, 9.17) is 0 Å². The van der Waals surface area contributed by atoms with Gasteiger partial charge in [0.25, 0.3) is 5.91 Å². The van der Waals surface area contributed by atoms with Gasteiger partial charge in [-0.1, -0.05) is 6.07 Å². The highest BCUT2D eigenvalue weighted by Gasteiger charge is 2.16. The van der Waals surface area contributed by atoms with Crippen LogP contribution in [0.2, 0.25) is 0 Å². The van der Waals surface area contributed by atoms with E-state index in [2.05, 4.69) is 15.6 Å². The monoisotopic (exact) mass is 221 g/mol. The summed E-state index contributed by atoms with van der Waals surface area (Å²) in [5, 5.41) is 5.95. The summed E-state index contributed by atoms with van der Waals surface area (Å²) < 4.78 is 0. The van der Waals surface area contributed by atoms with Gasteiger partial charge in [-0.2, -0.15) is 0 Å². The van der Waals surface area contributed by atoms with Crippen LogP contribution in [0.15, 0.2) is 18.2 Å². The number of nitrogens with zero attached hydrogens (tertiary/aromatic N) is 1. The summed E-state index contributed by atoms with van der Waals surface area (Å²) in [6.07, 6.45) is 0. The molecule has 0 fully saturated rings. The van der Waals surface area contributed by atoms with Crippen LogP contribution in [-0.4, -0.2) is 23.0 Å². The number of carbonyl (C=O) groups excluding carboxylic acids is 1. The molecule has 0 atom stereocenters. The van der Waals surface area contributed by atoms with Gasteiger partial charge in [0.15, 0.2) is 0 Å². The second kappa shape index (κ2) is 4.96. The molecule has 1 aromatic heterocycles. The lowest BCUT2D eigenvalue weighted by Gasteiger charge is -2.20. The first kappa shape index (κ1) is 12.5. The first-order valence-corrected chi connectivity index (χ1v) is 5.46. The quantitative estimate of drug-likeness (QED) is 0.821. The van der Waals surface area contributed by atoms with Crippen LogP contribution in [0.25, 0.3) is 0 Å². The standard InChI is InChI=1S/C12H19N3O/c1-5-13-10-8-6-7-9(14-10)11(16)15-12(2,3)4/h6-8H,5H2,1-4H3,(H,13,14)(H,15,16). The van der Waals surface area contributed by atoms with Crippen molar-refractivity contribution in [2.75, 3.05) is 11.9 Å². The molecule has 88 valence electrons. The normalized spacial score (nSPS) is 11.0. The van der Waals surface area contributed by atoms with Gasteiger partial charge in [-0.05, 0) is 39.8 Å². The Kier molecular flexibility index (Phi) is 3.88. The number of hydrogen-bond acceptors (Lipinski definition) is 3. The summed E-state index contributed by atoms with van der Waals surface area (Å²) in [4.78, 5) is 16.0. The number of aromatic nitrogens is 1. The third-order valence-corrected chi connectivity index (χ3v) is 1.83. The van der Waals surface area contributed by atoms with E-state index in [1.807, 2.05) is 39.8 Å². The van der Waals surface area contributed by atoms with Crippen molar-refractivity contribution in [3.63, 3.8) is 0 Å². The Morgan fingerprint density at radius 2 is 2.06 bits per heavy atom. The number of pyridine rings is 1. The highest BCUT2D eigenvalue weighted by atomic mass is 16.2. The van der Waals surface area contributed by atoms with E-state index in [9.17, 15) is 4.79 Å². The minimum atomic E-state index is -0.243. The Hall–Kier alpha value is -1.58. The zero-order chi connectivity index (χ0) is 12.2. The van der Waals surface area contributed by atoms with E-state index in [0.717, 1.165) is 12.4 Å². The van der Waals surface area contributed by atoms with Crippen molar-refractivity contribution < 1.29 is 4.79 Å². The molecule has 0 aliphatic rings. The summed E-state index contributed by atoms with van der Waals surface area (Å²) in [5.74, 6) is 0.580. The summed E-state index contributed by atoms with van der Waals surface area (Å²) >= 11 is 0. The molecule has 1 aromatic rings. The SMILES string of the molecule is CCNc1cccc(C(=O)NC(C)(C)C)n1. The Balaban J connectivity index is 2.79. The van der Waals surface area contributed by atoms with Crippen LogP contribution in [0.1, 0.15) is 38.2 Å². The minimum Gasteiger partial charge on any atom is -0.370 e. The van der Waals surface area contributed by atoms with Crippen LogP contribution in [0.5, 0.6) is 0 Å². The second-order valence-electron chi connectivity index (χ2n) is 4.64. The zero-order valence-electron chi connectivity index (χ0n) is 10.3. The molecule has 2 N–H and O–H groups in total. The van der Waals surface area contributed by atoms with Gasteiger partial charge < -0.3 is 10.6 Å². The number of rotatable bonds is 3. The Labute approximate surface area is 96.5 Å². The fourth-order valence-corrected chi connectivity index (χ4v) is 1.25. The predicted octanol–water partition coefficient (Wildman–Crippen LogP) is 2.04. The third kappa shape index (κ3) is 3.88. The Morgan fingerprint density at radius 1 is 1.38 bits per heavy atom. The predicted molar refractivity (Wildman–Crippen MR) is 65.6 cm³/mol. The molecule has 0 unspecified atom stereocenters. The van der Waals surface area contributed by atoms with Crippen molar-refractivity contribution in [3.8, 4) is 0 Å². The number of carbonyl (C=O) groups is 1. The third-order valence-electron chi connectivity index (χ3n) is 1.83. The number of nitrogens with one attached hydrogen (secondary N) is 2. The molecule has 0 aromatic carbocycles. The molecule has 0 saturated carbocycles. The molecule has 4 heteroatoms. The van der Waals surface area contributed by atoms with Gasteiger partial charge in [0.05, 0.1) is 0 Å². The molecule has 1 heterocycles. The van der Waals surface area contributed by atoms with Crippen LogP contribution < -0.4 is 10.6 Å². The molecular formula is C12H19N3O. The molecule has 0 aliphatic carbocycles. The molecule has 16 heavy (non-hydrogen) atoms. The van der Waals surface area contributed by atoms with Gasteiger partial charge in [-0.15, -0.1) is 0 Å². The maximum absolute atomic E-state index is 11.8. The van der Waals surface area contributed by atoms with E-state index in [-0.39, 0.29) is 11.4 Å². The lowest BCUT2D eigenvalue weighted by atomic mass is 10.1. The van der Waals surface area contributed by atoms with Crippen molar-refractivity contribution >= 4 is 11.7 Å². The summed E-state index contributed by atoms with van der Waals surface area (Å²) in [7, 11) is 0. The van der Waals surface area contributed by atoms with Gasteiger partial charge in [0, 0.05) is 12.1 Å². The van der Waals surface area contributed by atoms with Gasteiger partial charge in [0.2, 0.25) is 0 Å². The molecule has 1 amide bonds. The van der Waals surface area contributed by atoms with E-state index < -0.39 is 0 Å². The van der Waals surface area contributed by atoms with Crippen LogP contribution in [0.4, 0.5) is 5.82 Å². The lowest BCUT2D eigenvalue weighted by molar-refractivity contribution is 0.0914. The Bertz CT molecular complexity index is 369. The maximum Gasteiger partial charge on any atom is 0.270 e. The highest BCUT2D eigenvalue weighted by Crippen LogP contribution is 2.06. The van der Waals surface area contributed by atoms with Gasteiger partial charge in [0.1, 0.15) is 11.5 Å². The molecule has 0 spiro atoms. The van der Waals surface area contributed by atoms with E-state index >= 15 is 0 Å². The fourth-order valence-electron chi connectivity index (χ4n) is 1.25. The lowest BCUT2D eigenvalue weighted by Crippen LogP contribution is -2.40. The smallest absolute Gasteiger partial charge is 0.270 e. The number of hydrogen-bond donors (Lipinski definition) is 2. The molecule has 1 rings (SSSR count). The van der Waals surface area contributed by atoms with E-state index in [1.165, 1.54) is 0 Å². The first-order valence-electron chi connectivity index (χ1n) is 5.46. The maximum atomic E-state index is 11.8. The Morgan fingerprint density at radius 3 is 2.62 bits per heavy atom. The highest BCUT2D eigenvalue weighted by molar-refractivity contribution is 5.93. The van der Waals surface area contributed by atoms with Crippen molar-refractivity contribution in [1.82, 2.24) is 10.3 Å². The molecular weight excluding hydrogens is 202 g/mol. The van der Waals surface area contributed by atoms with Gasteiger partial charge in [-0.25, -0.2) is 4.98 Å². The average molecular weight is 221 g/mol. The number of anilines is 1. The van der Waals surface area contributed by atoms with Crippen LogP contribution in [0.3, 0.4) is 0 Å². The zero-order valence-corrected chi connectivity index (χ0v) is 10.3. The molecule has 0 bridgehead atoms.